The minimum Gasteiger partial charge on any atom is -0.346 e. The van der Waals surface area contributed by atoms with Gasteiger partial charge in [0.1, 0.15) is 12.1 Å². The molecule has 0 spiro atoms. The Hall–Kier alpha value is -3.64. The fraction of sp³-hybridized carbons (Fsp3) is 0.771. The Morgan fingerprint density at radius 3 is 2.21 bits per heavy atom. The van der Waals surface area contributed by atoms with Gasteiger partial charge in [-0.15, -0.1) is 6.58 Å². The smallest absolute Gasteiger partial charge is 0.319 e. The third-order valence-electron chi connectivity index (χ3n) is 10.3. The number of likely N-dealkylation sites (tertiary alicyclic amines) is 1. The summed E-state index contributed by atoms with van der Waals surface area (Å²) in [6, 6.07) is -3.89. The lowest BCUT2D eigenvalue weighted by Crippen LogP contribution is -2.63. The molecule has 3 rings (SSSR count). The summed E-state index contributed by atoms with van der Waals surface area (Å²) in [6.45, 7) is 23.1. The van der Waals surface area contributed by atoms with Crippen LogP contribution in [-0.2, 0) is 19.2 Å². The van der Waals surface area contributed by atoms with E-state index in [2.05, 4.69) is 41.7 Å². The molecule has 13 heteroatoms. The summed E-state index contributed by atoms with van der Waals surface area (Å²) in [5.41, 5.74) is -1.30. The Bertz CT molecular complexity index is 1270. The van der Waals surface area contributed by atoms with E-state index in [4.69, 9.17) is 0 Å². The lowest BCUT2D eigenvalue weighted by atomic mass is 9.84. The molecule has 1 saturated carbocycles. The fourth-order valence-electron chi connectivity index (χ4n) is 7.04. The quantitative estimate of drug-likeness (QED) is 0.174. The molecule has 0 aromatic heterocycles. The van der Waals surface area contributed by atoms with Crippen molar-refractivity contribution in [2.24, 2.45) is 28.1 Å². The minimum atomic E-state index is -1.03. The van der Waals surface area contributed by atoms with E-state index in [1.54, 1.807) is 21.7 Å². The van der Waals surface area contributed by atoms with Crippen molar-refractivity contribution in [1.82, 2.24) is 36.0 Å². The maximum atomic E-state index is 14.4. The lowest BCUT2D eigenvalue weighted by Gasteiger charge is -2.41. The van der Waals surface area contributed by atoms with Crippen LogP contribution in [0.3, 0.4) is 0 Å². The van der Waals surface area contributed by atoms with Crippen molar-refractivity contribution in [3.05, 3.63) is 12.7 Å². The number of ketones is 1. The van der Waals surface area contributed by atoms with Gasteiger partial charge in [-0.2, -0.15) is 0 Å². The highest BCUT2D eigenvalue weighted by molar-refractivity contribution is 6.38. The van der Waals surface area contributed by atoms with E-state index in [0.717, 1.165) is 6.42 Å². The minimum absolute atomic E-state index is 0.0772. The third kappa shape index (κ3) is 8.68. The predicted molar refractivity (Wildman–Crippen MR) is 184 cm³/mol. The molecule has 4 N–H and O–H groups in total. The molecule has 13 nitrogen and oxygen atoms in total. The van der Waals surface area contributed by atoms with Crippen molar-refractivity contribution >= 4 is 35.6 Å². The Labute approximate surface area is 286 Å². The molecule has 2 saturated heterocycles. The van der Waals surface area contributed by atoms with Gasteiger partial charge in [0.05, 0.1) is 12.1 Å². The highest BCUT2D eigenvalue weighted by Gasteiger charge is 2.70. The van der Waals surface area contributed by atoms with E-state index in [1.165, 1.54) is 6.08 Å². The first-order chi connectivity index (χ1) is 22.2. The number of rotatable bonds is 13. The Kier molecular flexibility index (Phi) is 12.0. The van der Waals surface area contributed by atoms with Gasteiger partial charge in [-0.05, 0) is 40.9 Å². The van der Waals surface area contributed by atoms with Crippen molar-refractivity contribution in [2.45, 2.75) is 106 Å². The van der Waals surface area contributed by atoms with Crippen LogP contribution in [0.4, 0.5) is 9.59 Å². The number of nitrogens with one attached hydrogen (secondary N) is 4. The van der Waals surface area contributed by atoms with E-state index in [1.807, 2.05) is 48.5 Å². The summed E-state index contributed by atoms with van der Waals surface area (Å²) in [5, 5.41) is 11.2. The first-order valence-electron chi connectivity index (χ1n) is 17.3. The highest BCUT2D eigenvalue weighted by atomic mass is 16.2. The summed E-state index contributed by atoms with van der Waals surface area (Å²) in [6.07, 6.45) is 3.13. The molecule has 3 aliphatic rings. The Balaban J connectivity index is 1.81. The molecule has 0 bridgehead atoms. The molecule has 3 fully saturated rings. The van der Waals surface area contributed by atoms with Crippen LogP contribution in [0.1, 0.15) is 81.6 Å². The summed E-state index contributed by atoms with van der Waals surface area (Å²) >= 11 is 0. The second-order valence-corrected chi connectivity index (χ2v) is 16.4. The van der Waals surface area contributed by atoms with Crippen LogP contribution in [0.5, 0.6) is 0 Å². The van der Waals surface area contributed by atoms with Crippen LogP contribution >= 0.6 is 0 Å². The molecular formula is C35H59N7O6. The van der Waals surface area contributed by atoms with E-state index in [-0.39, 0.29) is 42.2 Å². The van der Waals surface area contributed by atoms with Crippen molar-refractivity contribution in [2.75, 3.05) is 39.8 Å². The monoisotopic (exact) mass is 673 g/mol. The molecule has 48 heavy (non-hydrogen) atoms. The molecular weight excluding hydrogens is 614 g/mol. The summed E-state index contributed by atoms with van der Waals surface area (Å²) < 4.78 is 0. The first kappa shape index (κ1) is 38.8. The number of carbonyl (C=O) groups excluding carboxylic acids is 6. The summed E-state index contributed by atoms with van der Waals surface area (Å²) in [5.74, 6) is -2.46. The SMILES string of the molecule is C=CCNC(=O)C(=O)C(CCC)NC(=O)[C@@H]1[C@@H]2[C@H](CN1C(=O)[C@@H](NC(=O)N[C@H](CN1CCCN(C)C1=O)C(C)(C)C)C(C)(C)C)C2(C)C. The molecule has 0 aromatic rings. The van der Waals surface area contributed by atoms with Gasteiger partial charge >= 0.3 is 12.1 Å². The van der Waals surface area contributed by atoms with Crippen LogP contribution in [-0.4, -0.2) is 114 Å². The van der Waals surface area contributed by atoms with Gasteiger partial charge in [0.2, 0.25) is 17.6 Å². The largest absolute Gasteiger partial charge is 0.346 e. The second-order valence-electron chi connectivity index (χ2n) is 16.4. The number of hydrogen-bond acceptors (Lipinski definition) is 6. The molecule has 270 valence electrons. The van der Waals surface area contributed by atoms with Gasteiger partial charge in [0, 0.05) is 39.8 Å². The first-order valence-corrected chi connectivity index (χ1v) is 17.3. The van der Waals surface area contributed by atoms with Gasteiger partial charge in [0.25, 0.3) is 5.91 Å². The number of amides is 7. The molecule has 1 unspecified atom stereocenters. The maximum absolute atomic E-state index is 14.4. The van der Waals surface area contributed by atoms with Crippen molar-refractivity contribution in [1.29, 1.82) is 0 Å². The normalized spacial score (nSPS) is 23.8. The average Bonchev–Trinajstić information content (AvgIpc) is 3.30. The molecule has 1 aliphatic carbocycles. The van der Waals surface area contributed by atoms with E-state index < -0.39 is 58.6 Å². The number of Topliss-reactive ketones (excluding diaryl/α,β-unsaturated/α-hetero) is 1. The van der Waals surface area contributed by atoms with Gasteiger partial charge in [-0.3, -0.25) is 19.2 Å². The average molecular weight is 674 g/mol. The maximum Gasteiger partial charge on any atom is 0.319 e. The zero-order chi connectivity index (χ0) is 36.4. The zero-order valence-corrected chi connectivity index (χ0v) is 30.7. The summed E-state index contributed by atoms with van der Waals surface area (Å²) in [4.78, 5) is 85.1. The number of carbonyl (C=O) groups is 6. The number of hydrogen-bond donors (Lipinski definition) is 4. The highest BCUT2D eigenvalue weighted by Crippen LogP contribution is 2.65. The van der Waals surface area contributed by atoms with Gasteiger partial charge in [-0.1, -0.05) is 74.8 Å². The molecule has 7 amide bonds. The number of piperidine rings is 1. The van der Waals surface area contributed by atoms with E-state index >= 15 is 0 Å². The molecule has 2 aliphatic heterocycles. The van der Waals surface area contributed by atoms with Crippen molar-refractivity contribution < 1.29 is 28.8 Å². The van der Waals surface area contributed by atoms with Crippen LogP contribution in [0.15, 0.2) is 12.7 Å². The van der Waals surface area contributed by atoms with Crippen LogP contribution in [0.25, 0.3) is 0 Å². The Morgan fingerprint density at radius 1 is 1.00 bits per heavy atom. The number of fused-ring (bicyclic) bond motifs is 1. The number of urea groups is 2. The second kappa shape index (κ2) is 14.9. The van der Waals surface area contributed by atoms with E-state index in [9.17, 15) is 28.8 Å². The molecule has 2 heterocycles. The third-order valence-corrected chi connectivity index (χ3v) is 10.3. The van der Waals surface area contributed by atoms with Gasteiger partial charge in [-0.25, -0.2) is 9.59 Å². The molecule has 6 atom stereocenters. The molecule has 0 aromatic carbocycles. The molecule has 0 radical (unpaired) electrons. The summed E-state index contributed by atoms with van der Waals surface area (Å²) in [7, 11) is 1.76. The van der Waals surface area contributed by atoms with E-state index in [0.29, 0.717) is 32.6 Å². The standard InChI is InChI=1S/C35H59N7O6/c1-12-15-22(26(43)29(45)36-16-13-2)37-28(44)25-24-21(35(24,9)10)19-42(25)30(46)27(34(6,7)8)39-31(47)38-23(33(3,4)5)20-41-18-14-17-40(11)32(41)48/h13,21-25,27H,2,12,14-20H2,1,3-11H3,(H,36,45)(H,37,44)(H2,38,39,47)/t21-,22?,23+,24-,25-,27+/m0/s1. The number of nitrogens with zero attached hydrogens (tertiary/aromatic N) is 3. The Morgan fingerprint density at radius 2 is 1.65 bits per heavy atom. The van der Waals surface area contributed by atoms with Gasteiger partial charge in [0.15, 0.2) is 0 Å². The van der Waals surface area contributed by atoms with Crippen molar-refractivity contribution in [3.63, 3.8) is 0 Å². The fourth-order valence-corrected chi connectivity index (χ4v) is 7.04. The van der Waals surface area contributed by atoms with Crippen LogP contribution in [0, 0.1) is 28.1 Å². The lowest BCUT2D eigenvalue weighted by molar-refractivity contribution is -0.145. The topological polar surface area (TPSA) is 160 Å². The van der Waals surface area contributed by atoms with Gasteiger partial charge < -0.3 is 36.0 Å². The predicted octanol–water partition coefficient (Wildman–Crippen LogP) is 2.51. The van der Waals surface area contributed by atoms with Crippen LogP contribution in [0.2, 0.25) is 0 Å². The zero-order valence-electron chi connectivity index (χ0n) is 30.7. The van der Waals surface area contributed by atoms with Crippen LogP contribution < -0.4 is 21.3 Å². The van der Waals surface area contributed by atoms with Crippen molar-refractivity contribution in [3.8, 4) is 0 Å².